The summed E-state index contributed by atoms with van der Waals surface area (Å²) in [6, 6.07) is 3.77. The maximum atomic E-state index is 11.6. The van der Waals surface area contributed by atoms with Crippen LogP contribution in [0.5, 0.6) is 0 Å². The van der Waals surface area contributed by atoms with Crippen molar-refractivity contribution in [2.24, 2.45) is 0 Å². The molecule has 1 aromatic rings. The summed E-state index contributed by atoms with van der Waals surface area (Å²) < 4.78 is 0. The summed E-state index contributed by atoms with van der Waals surface area (Å²) >= 11 is 0. The zero-order valence-electron chi connectivity index (χ0n) is 9.63. The van der Waals surface area contributed by atoms with E-state index in [4.69, 9.17) is 0 Å². The van der Waals surface area contributed by atoms with Crippen molar-refractivity contribution in [3.8, 4) is 0 Å². The number of carbonyl (C=O) groups is 1. The zero-order chi connectivity index (χ0) is 11.3. The van der Waals surface area contributed by atoms with Crippen LogP contribution in [0.25, 0.3) is 0 Å². The highest BCUT2D eigenvalue weighted by Crippen LogP contribution is 2.03. The number of carbonyl (C=O) groups excluding carboxylic acids is 1. The molecule has 4 heteroatoms. The molecule has 0 atom stereocenters. The SMILES string of the molecule is CCCNCc1ccc(C(=O)N(C)C)[nH]1. The first kappa shape index (κ1) is 11.8. The number of hydrogen-bond donors (Lipinski definition) is 2. The smallest absolute Gasteiger partial charge is 0.269 e. The van der Waals surface area contributed by atoms with Crippen LogP contribution in [0.3, 0.4) is 0 Å². The molecule has 4 nitrogen and oxygen atoms in total. The van der Waals surface area contributed by atoms with Gasteiger partial charge in [-0.05, 0) is 25.1 Å². The van der Waals surface area contributed by atoms with Gasteiger partial charge in [0.1, 0.15) is 5.69 Å². The molecular formula is C11H19N3O. The lowest BCUT2D eigenvalue weighted by molar-refractivity contribution is 0.0822. The fourth-order valence-corrected chi connectivity index (χ4v) is 1.31. The normalized spacial score (nSPS) is 10.3. The Kier molecular flexibility index (Phi) is 4.37. The molecular weight excluding hydrogens is 190 g/mol. The van der Waals surface area contributed by atoms with Gasteiger partial charge in [0.2, 0.25) is 0 Å². The second-order valence-electron chi connectivity index (χ2n) is 3.77. The lowest BCUT2D eigenvalue weighted by Gasteiger charge is -2.07. The van der Waals surface area contributed by atoms with E-state index in [0.29, 0.717) is 5.69 Å². The van der Waals surface area contributed by atoms with Gasteiger partial charge >= 0.3 is 0 Å². The van der Waals surface area contributed by atoms with Crippen LogP contribution in [0.1, 0.15) is 29.5 Å². The van der Waals surface area contributed by atoms with Gasteiger partial charge in [-0.25, -0.2) is 0 Å². The molecule has 15 heavy (non-hydrogen) atoms. The predicted molar refractivity (Wildman–Crippen MR) is 60.8 cm³/mol. The molecule has 0 radical (unpaired) electrons. The van der Waals surface area contributed by atoms with Crippen molar-refractivity contribution in [1.82, 2.24) is 15.2 Å². The van der Waals surface area contributed by atoms with Crippen molar-refractivity contribution in [3.05, 3.63) is 23.5 Å². The maximum Gasteiger partial charge on any atom is 0.269 e. The molecule has 0 bridgehead atoms. The molecule has 1 amide bonds. The molecule has 0 spiro atoms. The number of H-pyrrole nitrogens is 1. The Hall–Kier alpha value is -1.29. The van der Waals surface area contributed by atoms with E-state index in [9.17, 15) is 4.79 Å². The van der Waals surface area contributed by atoms with Gasteiger partial charge in [-0.2, -0.15) is 0 Å². The van der Waals surface area contributed by atoms with Crippen molar-refractivity contribution in [2.75, 3.05) is 20.6 Å². The van der Waals surface area contributed by atoms with Crippen LogP contribution < -0.4 is 5.32 Å². The van der Waals surface area contributed by atoms with Crippen LogP contribution in [0.15, 0.2) is 12.1 Å². The Labute approximate surface area is 90.7 Å². The summed E-state index contributed by atoms with van der Waals surface area (Å²) in [5, 5.41) is 3.28. The van der Waals surface area contributed by atoms with Gasteiger partial charge < -0.3 is 15.2 Å². The topological polar surface area (TPSA) is 48.1 Å². The van der Waals surface area contributed by atoms with E-state index in [0.717, 1.165) is 25.2 Å². The Morgan fingerprint density at radius 2 is 2.20 bits per heavy atom. The number of amides is 1. The van der Waals surface area contributed by atoms with Crippen molar-refractivity contribution in [3.63, 3.8) is 0 Å². The number of nitrogens with one attached hydrogen (secondary N) is 2. The largest absolute Gasteiger partial charge is 0.353 e. The van der Waals surface area contributed by atoms with Crippen LogP contribution in [0.4, 0.5) is 0 Å². The summed E-state index contributed by atoms with van der Waals surface area (Å²) in [7, 11) is 3.50. The summed E-state index contributed by atoms with van der Waals surface area (Å²) in [6.07, 6.45) is 1.12. The minimum Gasteiger partial charge on any atom is -0.353 e. The summed E-state index contributed by atoms with van der Waals surface area (Å²) in [5.41, 5.74) is 1.70. The molecule has 1 heterocycles. The van der Waals surface area contributed by atoms with Crippen LogP contribution in [0, 0.1) is 0 Å². The minimum absolute atomic E-state index is 0.0109. The first-order valence-corrected chi connectivity index (χ1v) is 5.25. The number of hydrogen-bond acceptors (Lipinski definition) is 2. The highest BCUT2D eigenvalue weighted by Gasteiger charge is 2.09. The average Bonchev–Trinajstić information content (AvgIpc) is 2.65. The van der Waals surface area contributed by atoms with E-state index in [1.807, 2.05) is 12.1 Å². The van der Waals surface area contributed by atoms with E-state index in [-0.39, 0.29) is 5.91 Å². The van der Waals surface area contributed by atoms with E-state index in [2.05, 4.69) is 17.2 Å². The van der Waals surface area contributed by atoms with Gasteiger partial charge in [0.15, 0.2) is 0 Å². The fraction of sp³-hybridized carbons (Fsp3) is 0.545. The molecule has 0 fully saturated rings. The third-order valence-corrected chi connectivity index (χ3v) is 2.13. The number of nitrogens with zero attached hydrogens (tertiary/aromatic N) is 1. The van der Waals surface area contributed by atoms with Crippen LogP contribution in [-0.2, 0) is 6.54 Å². The van der Waals surface area contributed by atoms with Gasteiger partial charge in [0.05, 0.1) is 0 Å². The van der Waals surface area contributed by atoms with Crippen molar-refractivity contribution in [2.45, 2.75) is 19.9 Å². The molecule has 0 saturated carbocycles. The number of aromatic nitrogens is 1. The highest BCUT2D eigenvalue weighted by molar-refractivity contribution is 5.92. The van der Waals surface area contributed by atoms with Crippen LogP contribution >= 0.6 is 0 Å². The Morgan fingerprint density at radius 3 is 2.80 bits per heavy atom. The molecule has 0 unspecified atom stereocenters. The van der Waals surface area contributed by atoms with Gasteiger partial charge in [0, 0.05) is 26.3 Å². The van der Waals surface area contributed by atoms with E-state index < -0.39 is 0 Å². The van der Waals surface area contributed by atoms with E-state index in [1.54, 1.807) is 19.0 Å². The monoisotopic (exact) mass is 209 g/mol. The maximum absolute atomic E-state index is 11.6. The number of rotatable bonds is 5. The van der Waals surface area contributed by atoms with Gasteiger partial charge in [-0.1, -0.05) is 6.92 Å². The van der Waals surface area contributed by atoms with Crippen LogP contribution in [0.2, 0.25) is 0 Å². The van der Waals surface area contributed by atoms with Gasteiger partial charge in [-0.3, -0.25) is 4.79 Å². The molecule has 1 rings (SSSR count). The highest BCUT2D eigenvalue weighted by atomic mass is 16.2. The summed E-state index contributed by atoms with van der Waals surface area (Å²) in [6.45, 7) is 3.91. The summed E-state index contributed by atoms with van der Waals surface area (Å²) in [4.78, 5) is 16.2. The quantitative estimate of drug-likeness (QED) is 0.716. The van der Waals surface area contributed by atoms with Crippen molar-refractivity contribution < 1.29 is 4.79 Å². The lowest BCUT2D eigenvalue weighted by Crippen LogP contribution is -2.22. The molecule has 0 aliphatic carbocycles. The zero-order valence-corrected chi connectivity index (χ0v) is 9.63. The Balaban J connectivity index is 2.52. The predicted octanol–water partition coefficient (Wildman–Crippen LogP) is 1.22. The minimum atomic E-state index is 0.0109. The first-order chi connectivity index (χ1) is 7.15. The van der Waals surface area contributed by atoms with Crippen molar-refractivity contribution >= 4 is 5.91 Å². The molecule has 0 aromatic carbocycles. The molecule has 0 saturated heterocycles. The first-order valence-electron chi connectivity index (χ1n) is 5.25. The molecule has 2 N–H and O–H groups in total. The van der Waals surface area contributed by atoms with E-state index >= 15 is 0 Å². The second-order valence-corrected chi connectivity index (χ2v) is 3.77. The fourth-order valence-electron chi connectivity index (χ4n) is 1.31. The average molecular weight is 209 g/mol. The van der Waals surface area contributed by atoms with E-state index in [1.165, 1.54) is 0 Å². The molecule has 0 aliphatic rings. The Bertz CT molecular complexity index is 317. The third kappa shape index (κ3) is 3.40. The van der Waals surface area contributed by atoms with Crippen molar-refractivity contribution in [1.29, 1.82) is 0 Å². The lowest BCUT2D eigenvalue weighted by atomic mass is 10.4. The second kappa shape index (κ2) is 5.56. The summed E-state index contributed by atoms with van der Waals surface area (Å²) in [5.74, 6) is 0.0109. The Morgan fingerprint density at radius 1 is 1.47 bits per heavy atom. The van der Waals surface area contributed by atoms with Gasteiger partial charge in [0.25, 0.3) is 5.91 Å². The molecule has 0 aliphatic heterocycles. The molecule has 1 aromatic heterocycles. The van der Waals surface area contributed by atoms with Gasteiger partial charge in [-0.15, -0.1) is 0 Å². The number of aromatic amines is 1. The standard InChI is InChI=1S/C11H19N3O/c1-4-7-12-8-9-5-6-10(13-9)11(15)14(2)3/h5-6,12-13H,4,7-8H2,1-3H3. The van der Waals surface area contributed by atoms with Crippen LogP contribution in [-0.4, -0.2) is 36.4 Å². The third-order valence-electron chi connectivity index (χ3n) is 2.13. The molecule has 84 valence electrons.